The lowest BCUT2D eigenvalue weighted by Crippen LogP contribution is -2.14. The average Bonchev–Trinajstić information content (AvgIpc) is 2.78. The normalized spacial score (nSPS) is 11.7. The molecule has 4 rings (SSSR count). The van der Waals surface area contributed by atoms with Crippen molar-refractivity contribution in [1.29, 1.82) is 5.26 Å². The fourth-order valence-electron chi connectivity index (χ4n) is 3.84. The number of rotatable bonds is 5. The molecule has 0 saturated carbocycles. The van der Waals surface area contributed by atoms with Crippen molar-refractivity contribution in [2.75, 3.05) is 0 Å². The number of pyridine rings is 1. The van der Waals surface area contributed by atoms with Gasteiger partial charge in [0, 0.05) is 23.3 Å². The van der Waals surface area contributed by atoms with Crippen LogP contribution in [-0.2, 0) is 0 Å². The fraction of sp³-hybridized carbons (Fsp3) is 0.0800. The highest BCUT2D eigenvalue weighted by Crippen LogP contribution is 2.40. The Morgan fingerprint density at radius 2 is 1.67 bits per heavy atom. The van der Waals surface area contributed by atoms with Crippen molar-refractivity contribution < 1.29 is 9.90 Å². The standard InChI is InChI=1S/C25H19N3O2/c26-15-14-18(16-8-3-1-4-9-16)19-12-7-13-20-21(19)22(25(27)30)24(29)23(28-20)17-10-5-2-6-11-17/h1-13,18,29H,14H2,(H2,27,30)/t18-/m0/s1. The van der Waals surface area contributed by atoms with E-state index in [1.807, 2.05) is 72.8 Å². The van der Waals surface area contributed by atoms with Crippen LogP contribution in [0.2, 0.25) is 0 Å². The molecule has 1 heterocycles. The van der Waals surface area contributed by atoms with Gasteiger partial charge in [-0.15, -0.1) is 0 Å². The molecule has 5 heteroatoms. The zero-order chi connectivity index (χ0) is 21.1. The summed E-state index contributed by atoms with van der Waals surface area (Å²) in [5.41, 5.74) is 8.93. The molecule has 0 aliphatic rings. The molecular weight excluding hydrogens is 374 g/mol. The summed E-state index contributed by atoms with van der Waals surface area (Å²) in [4.78, 5) is 17.1. The lowest BCUT2D eigenvalue weighted by molar-refractivity contribution is 0.0999. The first-order valence-corrected chi connectivity index (χ1v) is 9.54. The van der Waals surface area contributed by atoms with E-state index in [4.69, 9.17) is 5.73 Å². The van der Waals surface area contributed by atoms with E-state index in [2.05, 4.69) is 11.1 Å². The predicted octanol–water partition coefficient (Wildman–Crippen LogP) is 4.75. The van der Waals surface area contributed by atoms with Gasteiger partial charge in [-0.1, -0.05) is 72.8 Å². The number of carbonyl (C=O) groups excluding carboxylic acids is 1. The van der Waals surface area contributed by atoms with Crippen LogP contribution in [0.4, 0.5) is 0 Å². The highest BCUT2D eigenvalue weighted by atomic mass is 16.3. The van der Waals surface area contributed by atoms with Crippen LogP contribution >= 0.6 is 0 Å². The molecule has 0 fully saturated rings. The summed E-state index contributed by atoms with van der Waals surface area (Å²) in [6.07, 6.45) is 0.211. The van der Waals surface area contributed by atoms with E-state index in [1.54, 1.807) is 6.07 Å². The van der Waals surface area contributed by atoms with E-state index in [-0.39, 0.29) is 23.7 Å². The van der Waals surface area contributed by atoms with E-state index < -0.39 is 5.91 Å². The minimum atomic E-state index is -0.742. The second-order valence-corrected chi connectivity index (χ2v) is 6.98. The Balaban J connectivity index is 2.05. The number of aromatic nitrogens is 1. The molecule has 0 spiro atoms. The Kier molecular flexibility index (Phi) is 5.15. The summed E-state index contributed by atoms with van der Waals surface area (Å²) < 4.78 is 0. The summed E-state index contributed by atoms with van der Waals surface area (Å²) in [6.45, 7) is 0. The number of benzene rings is 3. The number of primary amides is 1. The van der Waals surface area contributed by atoms with Crippen molar-refractivity contribution in [3.05, 3.63) is 95.6 Å². The molecule has 0 aliphatic carbocycles. The second-order valence-electron chi connectivity index (χ2n) is 6.98. The van der Waals surface area contributed by atoms with Gasteiger partial charge in [0.2, 0.25) is 0 Å². The van der Waals surface area contributed by atoms with E-state index in [1.165, 1.54) is 0 Å². The van der Waals surface area contributed by atoms with Crippen molar-refractivity contribution in [2.24, 2.45) is 5.73 Å². The van der Waals surface area contributed by atoms with Crippen LogP contribution in [0, 0.1) is 11.3 Å². The summed E-state index contributed by atoms with van der Waals surface area (Å²) >= 11 is 0. The van der Waals surface area contributed by atoms with Gasteiger partial charge < -0.3 is 10.8 Å². The molecule has 0 saturated heterocycles. The van der Waals surface area contributed by atoms with Crippen LogP contribution in [0.1, 0.15) is 33.8 Å². The average molecular weight is 393 g/mol. The Bertz CT molecular complexity index is 1260. The highest BCUT2D eigenvalue weighted by molar-refractivity contribution is 6.11. The van der Waals surface area contributed by atoms with E-state index in [9.17, 15) is 15.2 Å². The number of fused-ring (bicyclic) bond motifs is 1. The number of nitrogens with zero attached hydrogens (tertiary/aromatic N) is 2. The minimum absolute atomic E-state index is 0.0216. The quantitative estimate of drug-likeness (QED) is 0.511. The first kappa shape index (κ1) is 19.2. The minimum Gasteiger partial charge on any atom is -0.505 e. The molecule has 30 heavy (non-hydrogen) atoms. The second kappa shape index (κ2) is 8.06. The maximum Gasteiger partial charge on any atom is 0.253 e. The topological polar surface area (TPSA) is 100 Å². The van der Waals surface area contributed by atoms with Gasteiger partial charge in [-0.2, -0.15) is 5.26 Å². The lowest BCUT2D eigenvalue weighted by Gasteiger charge is -2.20. The zero-order valence-electron chi connectivity index (χ0n) is 16.1. The van der Waals surface area contributed by atoms with E-state index in [0.29, 0.717) is 22.2 Å². The number of hydrogen-bond acceptors (Lipinski definition) is 4. The molecule has 1 aromatic heterocycles. The molecular formula is C25H19N3O2. The Morgan fingerprint density at radius 1 is 1.00 bits per heavy atom. The third-order valence-corrected chi connectivity index (χ3v) is 5.18. The van der Waals surface area contributed by atoms with Crippen LogP contribution < -0.4 is 5.73 Å². The third kappa shape index (κ3) is 3.36. The molecule has 0 aliphatic heterocycles. The van der Waals surface area contributed by atoms with Crippen molar-refractivity contribution in [1.82, 2.24) is 4.98 Å². The number of carbonyl (C=O) groups is 1. The van der Waals surface area contributed by atoms with Gasteiger partial charge >= 0.3 is 0 Å². The molecule has 4 aromatic rings. The molecule has 0 bridgehead atoms. The smallest absolute Gasteiger partial charge is 0.253 e. The largest absolute Gasteiger partial charge is 0.505 e. The molecule has 3 aromatic carbocycles. The van der Waals surface area contributed by atoms with Gasteiger partial charge in [0.15, 0.2) is 5.75 Å². The Hall–Kier alpha value is -4.17. The number of aromatic hydroxyl groups is 1. The summed E-state index contributed by atoms with van der Waals surface area (Å²) in [5.74, 6) is -1.28. The maximum absolute atomic E-state index is 12.5. The Morgan fingerprint density at radius 3 is 2.30 bits per heavy atom. The van der Waals surface area contributed by atoms with Gasteiger partial charge in [-0.3, -0.25) is 4.79 Å². The fourth-order valence-corrected chi connectivity index (χ4v) is 3.84. The van der Waals surface area contributed by atoms with Crippen LogP contribution in [-0.4, -0.2) is 16.0 Å². The summed E-state index contributed by atoms with van der Waals surface area (Å²) in [5, 5.41) is 20.9. The first-order chi connectivity index (χ1) is 14.6. The van der Waals surface area contributed by atoms with Gasteiger partial charge in [0.05, 0.1) is 17.1 Å². The van der Waals surface area contributed by atoms with Gasteiger partial charge in [0.25, 0.3) is 5.91 Å². The SMILES string of the molecule is N#CC[C@@H](c1ccccc1)c1cccc2nc(-c3ccccc3)c(O)c(C(N)=O)c12. The maximum atomic E-state index is 12.5. The molecule has 0 radical (unpaired) electrons. The van der Waals surface area contributed by atoms with Gasteiger partial charge in [-0.05, 0) is 17.2 Å². The Labute approximate surface area is 174 Å². The third-order valence-electron chi connectivity index (χ3n) is 5.18. The molecule has 1 amide bonds. The van der Waals surface area contributed by atoms with Crippen molar-refractivity contribution in [3.63, 3.8) is 0 Å². The first-order valence-electron chi connectivity index (χ1n) is 9.54. The van der Waals surface area contributed by atoms with Gasteiger partial charge in [0.1, 0.15) is 5.69 Å². The van der Waals surface area contributed by atoms with E-state index in [0.717, 1.165) is 11.1 Å². The van der Waals surface area contributed by atoms with Crippen LogP contribution in [0.5, 0.6) is 5.75 Å². The van der Waals surface area contributed by atoms with Crippen molar-refractivity contribution >= 4 is 16.8 Å². The van der Waals surface area contributed by atoms with Crippen molar-refractivity contribution in [3.8, 4) is 23.1 Å². The zero-order valence-corrected chi connectivity index (χ0v) is 16.1. The molecule has 5 nitrogen and oxygen atoms in total. The predicted molar refractivity (Wildman–Crippen MR) is 116 cm³/mol. The molecule has 1 atom stereocenters. The number of nitriles is 1. The van der Waals surface area contributed by atoms with E-state index >= 15 is 0 Å². The highest BCUT2D eigenvalue weighted by Gasteiger charge is 2.25. The monoisotopic (exact) mass is 393 g/mol. The van der Waals surface area contributed by atoms with Gasteiger partial charge in [-0.25, -0.2) is 4.98 Å². The summed E-state index contributed by atoms with van der Waals surface area (Å²) in [7, 11) is 0. The van der Waals surface area contributed by atoms with Crippen LogP contribution in [0.15, 0.2) is 78.9 Å². The number of hydrogen-bond donors (Lipinski definition) is 2. The molecule has 3 N–H and O–H groups in total. The van der Waals surface area contributed by atoms with Crippen LogP contribution in [0.3, 0.4) is 0 Å². The van der Waals surface area contributed by atoms with Crippen molar-refractivity contribution in [2.45, 2.75) is 12.3 Å². The molecule has 0 unspecified atom stereocenters. The molecule has 146 valence electrons. The number of nitrogens with two attached hydrogens (primary N) is 1. The summed E-state index contributed by atoms with van der Waals surface area (Å²) in [6, 6.07) is 26.5. The van der Waals surface area contributed by atoms with Crippen LogP contribution in [0.25, 0.3) is 22.2 Å². The number of amides is 1. The lowest BCUT2D eigenvalue weighted by atomic mass is 9.85.